The summed E-state index contributed by atoms with van der Waals surface area (Å²) in [7, 11) is 0. The van der Waals surface area contributed by atoms with Gasteiger partial charge in [-0.2, -0.15) is 0 Å². The number of nitrogens with one attached hydrogen (secondary N) is 1. The molecule has 3 atom stereocenters. The molecular formula is C12H18N2O. The lowest BCUT2D eigenvalue weighted by atomic mass is 9.91. The number of piperidine rings is 1. The Balaban J connectivity index is 2.12. The molecule has 0 aromatic heterocycles. The molecule has 0 spiro atoms. The van der Waals surface area contributed by atoms with Gasteiger partial charge in [-0.05, 0) is 37.5 Å². The number of nitrogens with two attached hydrogens (primary N) is 1. The van der Waals surface area contributed by atoms with E-state index in [4.69, 9.17) is 5.73 Å². The topological polar surface area (TPSA) is 58.3 Å². The highest BCUT2D eigenvalue weighted by molar-refractivity contribution is 5.28. The monoisotopic (exact) mass is 206 g/mol. The molecule has 0 bridgehead atoms. The maximum absolute atomic E-state index is 9.21. The molecule has 0 amide bonds. The van der Waals surface area contributed by atoms with E-state index in [2.05, 4.69) is 12.2 Å². The lowest BCUT2D eigenvalue weighted by Crippen LogP contribution is -2.44. The van der Waals surface area contributed by atoms with Crippen molar-refractivity contribution in [3.63, 3.8) is 0 Å². The lowest BCUT2D eigenvalue weighted by molar-refractivity contribution is 0.307. The van der Waals surface area contributed by atoms with Crippen molar-refractivity contribution in [2.45, 2.75) is 37.9 Å². The van der Waals surface area contributed by atoms with Crippen LogP contribution < -0.4 is 11.1 Å². The second kappa shape index (κ2) is 4.21. The van der Waals surface area contributed by atoms with Crippen molar-refractivity contribution >= 4 is 0 Å². The minimum Gasteiger partial charge on any atom is -0.508 e. The van der Waals surface area contributed by atoms with E-state index in [9.17, 15) is 5.11 Å². The Labute approximate surface area is 90.3 Å². The molecule has 3 nitrogen and oxygen atoms in total. The standard InChI is InChI=1S/C12H18N2O/c1-8-6-10(13)7-12(14-8)9-2-4-11(15)5-3-9/h2-5,8,10,12,14-15H,6-7,13H2,1H3/t8-,10+,12-/m0/s1. The van der Waals surface area contributed by atoms with Crippen molar-refractivity contribution in [2.75, 3.05) is 0 Å². The first-order chi connectivity index (χ1) is 7.15. The van der Waals surface area contributed by atoms with Crippen molar-refractivity contribution in [2.24, 2.45) is 5.73 Å². The van der Waals surface area contributed by atoms with Gasteiger partial charge in [0, 0.05) is 18.1 Å². The Hall–Kier alpha value is -1.06. The van der Waals surface area contributed by atoms with E-state index in [-0.39, 0.29) is 6.04 Å². The van der Waals surface area contributed by atoms with E-state index in [1.54, 1.807) is 12.1 Å². The maximum atomic E-state index is 9.21. The van der Waals surface area contributed by atoms with E-state index >= 15 is 0 Å². The smallest absolute Gasteiger partial charge is 0.115 e. The SMILES string of the molecule is C[C@H]1C[C@@H](N)C[C@@H](c2ccc(O)cc2)N1. The van der Waals surface area contributed by atoms with Crippen LogP contribution in [-0.4, -0.2) is 17.2 Å². The summed E-state index contributed by atoms with van der Waals surface area (Å²) in [6.45, 7) is 2.16. The van der Waals surface area contributed by atoms with Gasteiger partial charge in [-0.15, -0.1) is 0 Å². The van der Waals surface area contributed by atoms with Crippen molar-refractivity contribution in [3.05, 3.63) is 29.8 Å². The number of hydrogen-bond donors (Lipinski definition) is 3. The third-order valence-corrected chi connectivity index (χ3v) is 2.98. The molecule has 1 aromatic carbocycles. The summed E-state index contributed by atoms with van der Waals surface area (Å²) in [5.74, 6) is 0.312. The molecule has 0 radical (unpaired) electrons. The minimum atomic E-state index is 0.278. The van der Waals surface area contributed by atoms with E-state index in [1.165, 1.54) is 5.56 Å². The fourth-order valence-corrected chi connectivity index (χ4v) is 2.27. The fourth-order valence-electron chi connectivity index (χ4n) is 2.27. The summed E-state index contributed by atoms with van der Waals surface area (Å²) >= 11 is 0. The molecule has 1 aromatic rings. The molecule has 0 unspecified atom stereocenters. The van der Waals surface area contributed by atoms with Crippen LogP contribution in [0.1, 0.15) is 31.4 Å². The predicted octanol–water partition coefficient (Wildman–Crippen LogP) is 1.53. The first kappa shape index (κ1) is 10.5. The zero-order chi connectivity index (χ0) is 10.8. The third kappa shape index (κ3) is 2.49. The molecule has 1 heterocycles. The van der Waals surface area contributed by atoms with Gasteiger partial charge in [0.2, 0.25) is 0 Å². The van der Waals surface area contributed by atoms with Crippen molar-refractivity contribution in [1.82, 2.24) is 5.32 Å². The molecule has 0 saturated carbocycles. The van der Waals surface area contributed by atoms with Crippen LogP contribution in [0, 0.1) is 0 Å². The Kier molecular flexibility index (Phi) is 2.93. The molecule has 3 heteroatoms. The summed E-state index contributed by atoms with van der Waals surface area (Å²) in [6.07, 6.45) is 2.00. The largest absolute Gasteiger partial charge is 0.508 e. The van der Waals surface area contributed by atoms with E-state index in [0.717, 1.165) is 12.8 Å². The Morgan fingerprint density at radius 1 is 1.27 bits per heavy atom. The second-order valence-corrected chi connectivity index (χ2v) is 4.44. The van der Waals surface area contributed by atoms with Crippen molar-refractivity contribution in [1.29, 1.82) is 0 Å². The highest BCUT2D eigenvalue weighted by Gasteiger charge is 2.24. The summed E-state index contributed by atoms with van der Waals surface area (Å²) in [5.41, 5.74) is 7.20. The Morgan fingerprint density at radius 2 is 1.93 bits per heavy atom. The van der Waals surface area contributed by atoms with E-state index < -0.39 is 0 Å². The van der Waals surface area contributed by atoms with Gasteiger partial charge in [0.1, 0.15) is 5.75 Å². The molecule has 4 N–H and O–H groups in total. The fraction of sp³-hybridized carbons (Fsp3) is 0.500. The average Bonchev–Trinajstić information content (AvgIpc) is 2.17. The number of benzene rings is 1. The normalized spacial score (nSPS) is 31.5. The molecule has 1 aliphatic heterocycles. The minimum absolute atomic E-state index is 0.278. The van der Waals surface area contributed by atoms with Crippen molar-refractivity contribution < 1.29 is 5.11 Å². The maximum Gasteiger partial charge on any atom is 0.115 e. The second-order valence-electron chi connectivity index (χ2n) is 4.44. The van der Waals surface area contributed by atoms with Crippen LogP contribution in [0.15, 0.2) is 24.3 Å². The molecular weight excluding hydrogens is 188 g/mol. The summed E-state index contributed by atoms with van der Waals surface area (Å²) < 4.78 is 0. The van der Waals surface area contributed by atoms with Crippen LogP contribution in [0.4, 0.5) is 0 Å². The molecule has 1 saturated heterocycles. The number of aromatic hydroxyl groups is 1. The first-order valence-electron chi connectivity index (χ1n) is 5.45. The predicted molar refractivity (Wildman–Crippen MR) is 60.7 cm³/mol. The van der Waals surface area contributed by atoms with Crippen LogP contribution in [0.3, 0.4) is 0 Å². The summed E-state index contributed by atoms with van der Waals surface area (Å²) in [4.78, 5) is 0. The van der Waals surface area contributed by atoms with Crippen molar-refractivity contribution in [3.8, 4) is 5.75 Å². The van der Waals surface area contributed by atoms with Gasteiger partial charge >= 0.3 is 0 Å². The van der Waals surface area contributed by atoms with Gasteiger partial charge in [0.25, 0.3) is 0 Å². The highest BCUT2D eigenvalue weighted by atomic mass is 16.3. The van der Waals surface area contributed by atoms with Crippen LogP contribution in [0.25, 0.3) is 0 Å². The summed E-state index contributed by atoms with van der Waals surface area (Å²) in [5, 5.41) is 12.7. The Morgan fingerprint density at radius 3 is 2.53 bits per heavy atom. The highest BCUT2D eigenvalue weighted by Crippen LogP contribution is 2.25. The van der Waals surface area contributed by atoms with Crippen LogP contribution in [0.5, 0.6) is 5.75 Å². The molecule has 1 fully saturated rings. The molecule has 82 valence electrons. The number of phenols is 1. The molecule has 2 rings (SSSR count). The van der Waals surface area contributed by atoms with Crippen LogP contribution in [0.2, 0.25) is 0 Å². The van der Waals surface area contributed by atoms with E-state index in [0.29, 0.717) is 17.8 Å². The van der Waals surface area contributed by atoms with Gasteiger partial charge in [0.05, 0.1) is 0 Å². The van der Waals surface area contributed by atoms with Gasteiger partial charge in [0.15, 0.2) is 0 Å². The van der Waals surface area contributed by atoms with Gasteiger partial charge in [-0.1, -0.05) is 12.1 Å². The molecule has 1 aliphatic rings. The van der Waals surface area contributed by atoms with Gasteiger partial charge < -0.3 is 16.2 Å². The lowest BCUT2D eigenvalue weighted by Gasteiger charge is -2.33. The number of phenolic OH excluding ortho intramolecular Hbond substituents is 1. The zero-order valence-electron chi connectivity index (χ0n) is 8.98. The average molecular weight is 206 g/mol. The van der Waals surface area contributed by atoms with Crippen LogP contribution >= 0.6 is 0 Å². The molecule has 15 heavy (non-hydrogen) atoms. The number of rotatable bonds is 1. The van der Waals surface area contributed by atoms with Gasteiger partial charge in [-0.25, -0.2) is 0 Å². The zero-order valence-corrected chi connectivity index (χ0v) is 8.98. The number of hydrogen-bond acceptors (Lipinski definition) is 3. The van der Waals surface area contributed by atoms with Crippen LogP contribution in [-0.2, 0) is 0 Å². The quantitative estimate of drug-likeness (QED) is 0.653. The molecule has 0 aliphatic carbocycles. The summed E-state index contributed by atoms with van der Waals surface area (Å²) in [6, 6.07) is 8.43. The third-order valence-electron chi connectivity index (χ3n) is 2.98. The first-order valence-corrected chi connectivity index (χ1v) is 5.45. The van der Waals surface area contributed by atoms with Gasteiger partial charge in [-0.3, -0.25) is 0 Å². The Bertz CT molecular complexity index is 313. The van der Waals surface area contributed by atoms with E-state index in [1.807, 2.05) is 12.1 Å².